The summed E-state index contributed by atoms with van der Waals surface area (Å²) in [6, 6.07) is 7.48. The summed E-state index contributed by atoms with van der Waals surface area (Å²) in [5.41, 5.74) is 6.89. The lowest BCUT2D eigenvalue weighted by atomic mass is 10.1. The molecule has 0 heterocycles. The van der Waals surface area contributed by atoms with Crippen LogP contribution in [0.2, 0.25) is 0 Å². The van der Waals surface area contributed by atoms with Crippen molar-refractivity contribution in [3.8, 4) is 5.75 Å². The van der Waals surface area contributed by atoms with Crippen LogP contribution in [0.4, 0.5) is 0 Å². The van der Waals surface area contributed by atoms with E-state index < -0.39 is 6.04 Å². The van der Waals surface area contributed by atoms with Crippen LogP contribution in [0.5, 0.6) is 5.75 Å². The van der Waals surface area contributed by atoms with Crippen molar-refractivity contribution in [2.75, 3.05) is 12.0 Å². The molecule has 1 aromatic carbocycles. The molecule has 130 valence electrons. The van der Waals surface area contributed by atoms with Gasteiger partial charge in [-0.05, 0) is 50.2 Å². The molecule has 1 fully saturated rings. The van der Waals surface area contributed by atoms with Crippen LogP contribution in [0.15, 0.2) is 24.3 Å². The predicted molar refractivity (Wildman–Crippen MR) is 99.4 cm³/mol. The summed E-state index contributed by atoms with van der Waals surface area (Å²) >= 11 is 1.70. The number of hydrogen-bond acceptors (Lipinski definition) is 4. The van der Waals surface area contributed by atoms with Crippen molar-refractivity contribution in [2.24, 2.45) is 5.73 Å². The van der Waals surface area contributed by atoms with Gasteiger partial charge in [-0.25, -0.2) is 0 Å². The Morgan fingerprint density at radius 1 is 1.39 bits per heavy atom. The first-order chi connectivity index (χ1) is 10.7. The lowest BCUT2D eigenvalue weighted by molar-refractivity contribution is -0.122. The first-order valence-corrected chi connectivity index (χ1v) is 9.37. The van der Waals surface area contributed by atoms with Crippen molar-refractivity contribution in [2.45, 2.75) is 50.8 Å². The van der Waals surface area contributed by atoms with Crippen LogP contribution >= 0.6 is 24.2 Å². The molecule has 0 saturated heterocycles. The maximum atomic E-state index is 12.0. The monoisotopic (exact) mass is 358 g/mol. The number of ether oxygens (including phenoxy) is 1. The van der Waals surface area contributed by atoms with E-state index >= 15 is 0 Å². The summed E-state index contributed by atoms with van der Waals surface area (Å²) in [6.07, 6.45) is 7.78. The Morgan fingerprint density at radius 3 is 2.78 bits per heavy atom. The molecule has 1 aliphatic rings. The number of amides is 1. The molecule has 1 aliphatic carbocycles. The van der Waals surface area contributed by atoms with E-state index in [1.807, 2.05) is 30.5 Å². The topological polar surface area (TPSA) is 64.4 Å². The van der Waals surface area contributed by atoms with E-state index in [-0.39, 0.29) is 18.3 Å². The third-order valence-electron chi connectivity index (χ3n) is 3.99. The Balaban J connectivity index is 0.00000264. The largest absolute Gasteiger partial charge is 0.490 e. The molecule has 0 bridgehead atoms. The molecule has 2 rings (SSSR count). The Hall–Kier alpha value is -0.910. The maximum Gasteiger partial charge on any atom is 0.237 e. The SMILES string of the molecule is CSCC[C@H](N)C(=O)NCc1ccccc1OC1CCCC1.Cl. The van der Waals surface area contributed by atoms with Crippen LogP contribution in [0.1, 0.15) is 37.7 Å². The molecule has 23 heavy (non-hydrogen) atoms. The molecular formula is C17H27ClN2O2S. The van der Waals surface area contributed by atoms with Crippen molar-refractivity contribution in [3.63, 3.8) is 0 Å². The molecule has 6 heteroatoms. The van der Waals surface area contributed by atoms with E-state index in [0.717, 1.165) is 29.9 Å². The number of nitrogens with one attached hydrogen (secondary N) is 1. The highest BCUT2D eigenvalue weighted by Gasteiger charge is 2.18. The Bertz CT molecular complexity index is 481. The molecule has 1 atom stereocenters. The molecule has 1 saturated carbocycles. The van der Waals surface area contributed by atoms with Gasteiger partial charge in [-0.1, -0.05) is 18.2 Å². The highest BCUT2D eigenvalue weighted by Crippen LogP contribution is 2.26. The zero-order chi connectivity index (χ0) is 15.8. The van der Waals surface area contributed by atoms with Crippen molar-refractivity contribution < 1.29 is 9.53 Å². The molecule has 1 amide bonds. The maximum absolute atomic E-state index is 12.0. The van der Waals surface area contributed by atoms with Crippen LogP contribution in [0.25, 0.3) is 0 Å². The van der Waals surface area contributed by atoms with Gasteiger partial charge in [-0.3, -0.25) is 4.79 Å². The Kier molecular flexibility index (Phi) is 9.44. The fraction of sp³-hybridized carbons (Fsp3) is 0.588. The van der Waals surface area contributed by atoms with Gasteiger partial charge in [-0.15, -0.1) is 12.4 Å². The zero-order valence-corrected chi connectivity index (χ0v) is 15.3. The summed E-state index contributed by atoms with van der Waals surface area (Å²) in [4.78, 5) is 12.0. The van der Waals surface area contributed by atoms with Gasteiger partial charge >= 0.3 is 0 Å². The summed E-state index contributed by atoms with van der Waals surface area (Å²) in [5.74, 6) is 1.69. The van der Waals surface area contributed by atoms with E-state index in [1.54, 1.807) is 11.8 Å². The van der Waals surface area contributed by atoms with E-state index in [4.69, 9.17) is 10.5 Å². The first-order valence-electron chi connectivity index (χ1n) is 7.97. The van der Waals surface area contributed by atoms with Gasteiger partial charge < -0.3 is 15.8 Å². The fourth-order valence-corrected chi connectivity index (χ4v) is 3.13. The fourth-order valence-electron chi connectivity index (χ4n) is 2.64. The normalized spacial score (nSPS) is 15.7. The Morgan fingerprint density at radius 2 is 2.09 bits per heavy atom. The number of para-hydroxylation sites is 1. The van der Waals surface area contributed by atoms with E-state index in [0.29, 0.717) is 19.1 Å². The van der Waals surface area contributed by atoms with Crippen LogP contribution in [0.3, 0.4) is 0 Å². The van der Waals surface area contributed by atoms with Gasteiger partial charge in [0.25, 0.3) is 0 Å². The molecule has 3 N–H and O–H groups in total. The van der Waals surface area contributed by atoms with Gasteiger partial charge in [0.15, 0.2) is 0 Å². The van der Waals surface area contributed by atoms with Crippen LogP contribution in [0, 0.1) is 0 Å². The molecule has 0 aliphatic heterocycles. The van der Waals surface area contributed by atoms with Crippen molar-refractivity contribution >= 4 is 30.1 Å². The average molecular weight is 359 g/mol. The first kappa shape index (κ1) is 20.1. The molecule has 0 aromatic heterocycles. The minimum absolute atomic E-state index is 0. The second-order valence-electron chi connectivity index (χ2n) is 5.74. The lowest BCUT2D eigenvalue weighted by Crippen LogP contribution is -2.40. The summed E-state index contributed by atoms with van der Waals surface area (Å²) in [7, 11) is 0. The van der Waals surface area contributed by atoms with E-state index in [9.17, 15) is 4.79 Å². The molecular weight excluding hydrogens is 332 g/mol. The zero-order valence-electron chi connectivity index (χ0n) is 13.6. The quantitative estimate of drug-likeness (QED) is 0.749. The smallest absolute Gasteiger partial charge is 0.237 e. The minimum atomic E-state index is -0.435. The number of rotatable bonds is 8. The minimum Gasteiger partial charge on any atom is -0.490 e. The number of nitrogens with two attached hydrogens (primary N) is 1. The number of thioether (sulfide) groups is 1. The van der Waals surface area contributed by atoms with Gasteiger partial charge in [0.05, 0.1) is 12.1 Å². The number of benzene rings is 1. The van der Waals surface area contributed by atoms with E-state index in [1.165, 1.54) is 12.8 Å². The summed E-state index contributed by atoms with van der Waals surface area (Å²) in [5, 5.41) is 2.92. The standard InChI is InChI=1S/C17H26N2O2S.ClH/c1-22-11-10-15(18)17(20)19-12-13-6-2-5-9-16(13)21-14-7-3-4-8-14;/h2,5-6,9,14-15H,3-4,7-8,10-12,18H2,1H3,(H,19,20);1H/t15-;/m0./s1. The number of hydrogen-bond donors (Lipinski definition) is 2. The second-order valence-corrected chi connectivity index (χ2v) is 6.72. The third-order valence-corrected chi connectivity index (χ3v) is 4.64. The Labute approximate surface area is 149 Å². The second kappa shape index (κ2) is 10.8. The van der Waals surface area contributed by atoms with Crippen molar-refractivity contribution in [1.29, 1.82) is 0 Å². The number of halogens is 1. The summed E-state index contributed by atoms with van der Waals surface area (Å²) in [6.45, 7) is 0.467. The van der Waals surface area contributed by atoms with Crippen molar-refractivity contribution in [3.05, 3.63) is 29.8 Å². The average Bonchev–Trinajstić information content (AvgIpc) is 3.04. The highest BCUT2D eigenvalue weighted by molar-refractivity contribution is 7.98. The van der Waals surface area contributed by atoms with Gasteiger partial charge in [0.1, 0.15) is 5.75 Å². The number of carbonyl (C=O) groups is 1. The highest BCUT2D eigenvalue weighted by atomic mass is 35.5. The molecule has 0 radical (unpaired) electrons. The van der Waals surface area contributed by atoms with E-state index in [2.05, 4.69) is 5.32 Å². The summed E-state index contributed by atoms with van der Waals surface area (Å²) < 4.78 is 6.08. The third kappa shape index (κ3) is 6.61. The van der Waals surface area contributed by atoms with Crippen LogP contribution < -0.4 is 15.8 Å². The van der Waals surface area contributed by atoms with Gasteiger partial charge in [0.2, 0.25) is 5.91 Å². The van der Waals surface area contributed by atoms with Gasteiger partial charge in [-0.2, -0.15) is 11.8 Å². The van der Waals surface area contributed by atoms with Crippen LogP contribution in [-0.2, 0) is 11.3 Å². The molecule has 4 nitrogen and oxygen atoms in total. The van der Waals surface area contributed by atoms with Gasteiger partial charge in [0, 0.05) is 12.1 Å². The number of carbonyl (C=O) groups excluding carboxylic acids is 1. The predicted octanol–water partition coefficient (Wildman–Crippen LogP) is 3.13. The van der Waals surface area contributed by atoms with Crippen molar-refractivity contribution in [1.82, 2.24) is 5.32 Å². The lowest BCUT2D eigenvalue weighted by Gasteiger charge is -2.17. The molecule has 0 spiro atoms. The van der Waals surface area contributed by atoms with Crippen LogP contribution in [-0.4, -0.2) is 30.1 Å². The molecule has 1 aromatic rings. The molecule has 0 unspecified atom stereocenters.